The van der Waals surface area contributed by atoms with E-state index in [9.17, 15) is 9.59 Å². The molecule has 6 heteroatoms. The smallest absolute Gasteiger partial charge is 0.255 e. The largest absolute Gasteiger partial charge is 0.339 e. The summed E-state index contributed by atoms with van der Waals surface area (Å²) in [6, 6.07) is 7.30. The molecule has 5 nitrogen and oxygen atoms in total. The Kier molecular flexibility index (Phi) is 5.80. The van der Waals surface area contributed by atoms with Gasteiger partial charge in [0, 0.05) is 19.6 Å². The van der Waals surface area contributed by atoms with E-state index in [4.69, 9.17) is 0 Å². The van der Waals surface area contributed by atoms with Gasteiger partial charge < -0.3 is 15.5 Å². The molecule has 1 aromatic carbocycles. The van der Waals surface area contributed by atoms with E-state index >= 15 is 0 Å². The van der Waals surface area contributed by atoms with Crippen molar-refractivity contribution in [3.8, 4) is 0 Å². The predicted octanol–water partition coefficient (Wildman–Crippen LogP) is 1.89. The third-order valence-corrected chi connectivity index (χ3v) is 4.24. The summed E-state index contributed by atoms with van der Waals surface area (Å²) in [6.45, 7) is 3.22. The molecule has 3 rings (SSSR count). The number of anilines is 1. The quantitative estimate of drug-likeness (QED) is 0.893. The fourth-order valence-electron chi connectivity index (χ4n) is 2.98. The summed E-state index contributed by atoms with van der Waals surface area (Å²) in [4.78, 5) is 26.6. The van der Waals surface area contributed by atoms with Crippen molar-refractivity contribution in [2.24, 2.45) is 5.92 Å². The van der Waals surface area contributed by atoms with Gasteiger partial charge in [0.05, 0.1) is 17.2 Å². The molecule has 2 saturated heterocycles. The molecule has 2 aliphatic rings. The van der Waals surface area contributed by atoms with Crippen LogP contribution < -0.4 is 10.6 Å². The van der Waals surface area contributed by atoms with E-state index in [0.29, 0.717) is 17.8 Å². The Labute approximate surface area is 136 Å². The first-order chi connectivity index (χ1) is 10.3. The molecule has 0 saturated carbocycles. The van der Waals surface area contributed by atoms with Crippen LogP contribution in [0, 0.1) is 5.92 Å². The van der Waals surface area contributed by atoms with Gasteiger partial charge >= 0.3 is 0 Å². The molecule has 1 atom stereocenters. The maximum atomic E-state index is 12.5. The number of rotatable bonds is 3. The fraction of sp³-hybridized carbons (Fsp3) is 0.500. The molecule has 2 aliphatic heterocycles. The zero-order chi connectivity index (χ0) is 14.7. The van der Waals surface area contributed by atoms with E-state index in [-0.39, 0.29) is 30.1 Å². The molecular weight excluding hydrogens is 302 g/mol. The van der Waals surface area contributed by atoms with Crippen LogP contribution in [-0.2, 0) is 4.79 Å². The van der Waals surface area contributed by atoms with Crippen molar-refractivity contribution in [3.63, 3.8) is 0 Å². The number of amides is 2. The lowest BCUT2D eigenvalue weighted by Crippen LogP contribution is -2.30. The maximum absolute atomic E-state index is 12.5. The molecular formula is C16H22ClN3O2. The van der Waals surface area contributed by atoms with Gasteiger partial charge in [0.25, 0.3) is 5.91 Å². The Morgan fingerprint density at radius 1 is 1.18 bits per heavy atom. The summed E-state index contributed by atoms with van der Waals surface area (Å²) in [5.41, 5.74) is 1.23. The monoisotopic (exact) mass is 323 g/mol. The highest BCUT2D eigenvalue weighted by Crippen LogP contribution is 2.21. The first-order valence-corrected chi connectivity index (χ1v) is 7.65. The molecule has 2 amide bonds. The topological polar surface area (TPSA) is 61.4 Å². The highest BCUT2D eigenvalue weighted by atomic mass is 35.5. The molecule has 1 unspecified atom stereocenters. The number of hydrogen-bond donors (Lipinski definition) is 2. The standard InChI is InChI=1S/C16H21N3O2.ClH/c20-15(12-7-8-17-11-12)18-14-6-2-1-5-13(14)16(21)19-9-3-4-10-19;/h1-2,5-6,12,17H,3-4,7-11H2,(H,18,20);1H. The zero-order valence-corrected chi connectivity index (χ0v) is 13.3. The molecule has 2 N–H and O–H groups in total. The number of para-hydroxylation sites is 1. The number of hydrogen-bond acceptors (Lipinski definition) is 3. The minimum atomic E-state index is -0.0000511. The number of benzene rings is 1. The second-order valence-corrected chi connectivity index (χ2v) is 5.72. The van der Waals surface area contributed by atoms with Crippen LogP contribution >= 0.6 is 12.4 Å². The highest BCUT2D eigenvalue weighted by molar-refractivity contribution is 6.04. The average molecular weight is 324 g/mol. The summed E-state index contributed by atoms with van der Waals surface area (Å²) < 4.78 is 0. The van der Waals surface area contributed by atoms with Crippen molar-refractivity contribution in [3.05, 3.63) is 29.8 Å². The normalized spacial score (nSPS) is 20.5. The predicted molar refractivity (Wildman–Crippen MR) is 88.4 cm³/mol. The summed E-state index contributed by atoms with van der Waals surface area (Å²) >= 11 is 0. The number of carbonyl (C=O) groups excluding carboxylic acids is 2. The molecule has 2 heterocycles. The molecule has 0 radical (unpaired) electrons. The van der Waals surface area contributed by atoms with Gasteiger partial charge in [-0.2, -0.15) is 0 Å². The van der Waals surface area contributed by atoms with Gasteiger partial charge in [-0.05, 0) is 37.9 Å². The molecule has 0 aliphatic carbocycles. The van der Waals surface area contributed by atoms with E-state index in [0.717, 1.165) is 38.9 Å². The Morgan fingerprint density at radius 2 is 1.91 bits per heavy atom. The molecule has 0 spiro atoms. The van der Waals surface area contributed by atoms with Crippen LogP contribution in [0.15, 0.2) is 24.3 Å². The van der Waals surface area contributed by atoms with Gasteiger partial charge in [-0.25, -0.2) is 0 Å². The third-order valence-electron chi connectivity index (χ3n) is 4.24. The maximum Gasteiger partial charge on any atom is 0.255 e. The number of carbonyl (C=O) groups is 2. The molecule has 1 aromatic rings. The Bertz CT molecular complexity index is 538. The first kappa shape index (κ1) is 16.8. The van der Waals surface area contributed by atoms with Crippen LogP contribution in [0.1, 0.15) is 29.6 Å². The Morgan fingerprint density at radius 3 is 2.59 bits per heavy atom. The van der Waals surface area contributed by atoms with Crippen LogP contribution in [0.25, 0.3) is 0 Å². The highest BCUT2D eigenvalue weighted by Gasteiger charge is 2.25. The summed E-state index contributed by atoms with van der Waals surface area (Å²) in [5, 5.41) is 6.12. The van der Waals surface area contributed by atoms with E-state index in [2.05, 4.69) is 10.6 Å². The number of likely N-dealkylation sites (tertiary alicyclic amines) is 1. The molecule has 0 aromatic heterocycles. The molecule has 120 valence electrons. The van der Waals surface area contributed by atoms with E-state index in [1.165, 1.54) is 0 Å². The second kappa shape index (κ2) is 7.61. The fourth-order valence-corrected chi connectivity index (χ4v) is 2.98. The van der Waals surface area contributed by atoms with Crippen molar-refractivity contribution in [2.75, 3.05) is 31.5 Å². The van der Waals surface area contributed by atoms with Crippen molar-refractivity contribution in [1.82, 2.24) is 10.2 Å². The van der Waals surface area contributed by atoms with Crippen molar-refractivity contribution < 1.29 is 9.59 Å². The lowest BCUT2D eigenvalue weighted by molar-refractivity contribution is -0.119. The van der Waals surface area contributed by atoms with Crippen LogP contribution in [0.2, 0.25) is 0 Å². The van der Waals surface area contributed by atoms with Crippen molar-refractivity contribution >= 4 is 29.9 Å². The Hall–Kier alpha value is -1.59. The van der Waals surface area contributed by atoms with E-state index in [1.54, 1.807) is 6.07 Å². The average Bonchev–Trinajstić information content (AvgIpc) is 3.20. The third kappa shape index (κ3) is 3.59. The minimum absolute atomic E-state index is 0. The molecule has 0 bridgehead atoms. The van der Waals surface area contributed by atoms with Gasteiger partial charge in [0.2, 0.25) is 5.91 Å². The van der Waals surface area contributed by atoms with Gasteiger partial charge in [-0.1, -0.05) is 12.1 Å². The lowest BCUT2D eigenvalue weighted by Gasteiger charge is -2.18. The van der Waals surface area contributed by atoms with Crippen LogP contribution in [0.3, 0.4) is 0 Å². The van der Waals surface area contributed by atoms with Crippen molar-refractivity contribution in [2.45, 2.75) is 19.3 Å². The molecule has 22 heavy (non-hydrogen) atoms. The van der Waals surface area contributed by atoms with Crippen LogP contribution in [0.5, 0.6) is 0 Å². The van der Waals surface area contributed by atoms with Crippen LogP contribution in [0.4, 0.5) is 5.69 Å². The van der Waals surface area contributed by atoms with Gasteiger partial charge in [0.15, 0.2) is 0 Å². The number of nitrogens with one attached hydrogen (secondary N) is 2. The second-order valence-electron chi connectivity index (χ2n) is 5.72. The molecule has 2 fully saturated rings. The summed E-state index contributed by atoms with van der Waals surface area (Å²) in [6.07, 6.45) is 2.98. The minimum Gasteiger partial charge on any atom is -0.339 e. The van der Waals surface area contributed by atoms with E-state index in [1.807, 2.05) is 23.1 Å². The zero-order valence-electron chi connectivity index (χ0n) is 12.5. The van der Waals surface area contributed by atoms with Gasteiger partial charge in [-0.3, -0.25) is 9.59 Å². The first-order valence-electron chi connectivity index (χ1n) is 7.65. The van der Waals surface area contributed by atoms with Gasteiger partial charge in [-0.15, -0.1) is 12.4 Å². The lowest BCUT2D eigenvalue weighted by atomic mass is 10.1. The SMILES string of the molecule is Cl.O=C(Nc1ccccc1C(=O)N1CCCC1)C1CCNC1. The Balaban J connectivity index is 0.00000176. The van der Waals surface area contributed by atoms with E-state index < -0.39 is 0 Å². The number of halogens is 1. The summed E-state index contributed by atoms with van der Waals surface area (Å²) in [5.74, 6) is 0.0227. The van der Waals surface area contributed by atoms with Crippen molar-refractivity contribution in [1.29, 1.82) is 0 Å². The summed E-state index contributed by atoms with van der Waals surface area (Å²) in [7, 11) is 0. The number of nitrogens with zero attached hydrogens (tertiary/aromatic N) is 1. The van der Waals surface area contributed by atoms with Crippen LogP contribution in [-0.4, -0.2) is 42.9 Å². The van der Waals surface area contributed by atoms with Gasteiger partial charge in [0.1, 0.15) is 0 Å².